The lowest BCUT2D eigenvalue weighted by Gasteiger charge is -2.34. The SMILES string of the molecule is Cc1oc(-c2cccs2)nc1CN1CCN(Cc2ccccc2)CC1. The molecule has 0 N–H and O–H groups in total. The van der Waals surface area contributed by atoms with Crippen LogP contribution >= 0.6 is 11.3 Å². The molecule has 0 amide bonds. The second-order valence-corrected chi connectivity index (χ2v) is 7.48. The van der Waals surface area contributed by atoms with Gasteiger partial charge in [-0.3, -0.25) is 9.80 Å². The summed E-state index contributed by atoms with van der Waals surface area (Å²) < 4.78 is 5.86. The Labute approximate surface area is 152 Å². The van der Waals surface area contributed by atoms with E-state index in [1.807, 2.05) is 13.0 Å². The second-order valence-electron chi connectivity index (χ2n) is 6.54. The normalized spacial score (nSPS) is 16.4. The van der Waals surface area contributed by atoms with Gasteiger partial charge in [-0.15, -0.1) is 11.3 Å². The molecule has 3 aromatic rings. The Hall–Kier alpha value is -1.95. The number of aryl methyl sites for hydroxylation is 1. The monoisotopic (exact) mass is 353 g/mol. The fourth-order valence-corrected chi connectivity index (χ4v) is 3.89. The predicted molar refractivity (Wildman–Crippen MR) is 102 cm³/mol. The maximum atomic E-state index is 5.86. The van der Waals surface area contributed by atoms with Gasteiger partial charge in [-0.2, -0.15) is 0 Å². The van der Waals surface area contributed by atoms with Crippen molar-refractivity contribution in [1.29, 1.82) is 0 Å². The number of piperazine rings is 1. The summed E-state index contributed by atoms with van der Waals surface area (Å²) in [5, 5.41) is 2.06. The first-order valence-corrected chi connectivity index (χ1v) is 9.65. The Morgan fingerprint density at radius 2 is 1.68 bits per heavy atom. The van der Waals surface area contributed by atoms with Crippen LogP contribution < -0.4 is 0 Å². The molecule has 1 aliphatic heterocycles. The molecular formula is C20H23N3OS. The summed E-state index contributed by atoms with van der Waals surface area (Å²) >= 11 is 1.67. The summed E-state index contributed by atoms with van der Waals surface area (Å²) in [6.07, 6.45) is 0. The van der Waals surface area contributed by atoms with Crippen LogP contribution in [0.3, 0.4) is 0 Å². The lowest BCUT2D eigenvalue weighted by atomic mass is 10.2. The van der Waals surface area contributed by atoms with E-state index in [4.69, 9.17) is 9.40 Å². The van der Waals surface area contributed by atoms with Gasteiger partial charge in [0.2, 0.25) is 5.89 Å². The number of thiophene rings is 1. The lowest BCUT2D eigenvalue weighted by molar-refractivity contribution is 0.121. The average molecular weight is 353 g/mol. The van der Waals surface area contributed by atoms with Gasteiger partial charge in [0.1, 0.15) is 5.76 Å². The summed E-state index contributed by atoms with van der Waals surface area (Å²) in [7, 11) is 0. The number of aromatic nitrogens is 1. The molecule has 0 bridgehead atoms. The van der Waals surface area contributed by atoms with Gasteiger partial charge in [-0.1, -0.05) is 36.4 Å². The summed E-state index contributed by atoms with van der Waals surface area (Å²) in [6.45, 7) is 8.29. The molecule has 0 aliphatic carbocycles. The Bertz CT molecular complexity index is 790. The number of rotatable bonds is 5. The minimum absolute atomic E-state index is 0.755. The first kappa shape index (κ1) is 16.5. The van der Waals surface area contributed by atoms with Crippen LogP contribution in [0.4, 0.5) is 0 Å². The minimum Gasteiger partial charge on any atom is -0.440 e. The minimum atomic E-state index is 0.755. The molecule has 4 nitrogen and oxygen atoms in total. The van der Waals surface area contributed by atoms with Crippen molar-refractivity contribution in [2.24, 2.45) is 0 Å². The molecule has 3 heterocycles. The van der Waals surface area contributed by atoms with Gasteiger partial charge in [0, 0.05) is 39.3 Å². The molecule has 2 aromatic heterocycles. The smallest absolute Gasteiger partial charge is 0.236 e. The standard InChI is InChI=1S/C20H23N3OS/c1-16-18(21-20(24-16)19-8-5-13-25-19)15-23-11-9-22(10-12-23)14-17-6-3-2-4-7-17/h2-8,13H,9-12,14-15H2,1H3. The van der Waals surface area contributed by atoms with Gasteiger partial charge in [0.05, 0.1) is 10.6 Å². The molecule has 1 saturated heterocycles. The van der Waals surface area contributed by atoms with Crippen LogP contribution in [0.2, 0.25) is 0 Å². The molecule has 0 spiro atoms. The highest BCUT2D eigenvalue weighted by Crippen LogP contribution is 2.26. The van der Waals surface area contributed by atoms with Gasteiger partial charge < -0.3 is 4.42 Å². The summed E-state index contributed by atoms with van der Waals surface area (Å²) in [6, 6.07) is 14.8. The van der Waals surface area contributed by atoms with Crippen LogP contribution in [0.15, 0.2) is 52.3 Å². The van der Waals surface area contributed by atoms with Crippen LogP contribution in [0, 0.1) is 6.92 Å². The first-order chi connectivity index (χ1) is 12.3. The zero-order valence-electron chi connectivity index (χ0n) is 14.5. The van der Waals surface area contributed by atoms with Gasteiger partial charge in [0.15, 0.2) is 0 Å². The van der Waals surface area contributed by atoms with E-state index in [0.29, 0.717) is 0 Å². The Morgan fingerprint density at radius 1 is 0.960 bits per heavy atom. The van der Waals surface area contributed by atoms with Crippen molar-refractivity contribution in [3.63, 3.8) is 0 Å². The van der Waals surface area contributed by atoms with Crippen molar-refractivity contribution in [2.45, 2.75) is 20.0 Å². The maximum Gasteiger partial charge on any atom is 0.236 e. The molecule has 0 radical (unpaired) electrons. The molecule has 0 atom stereocenters. The van der Waals surface area contributed by atoms with Crippen molar-refractivity contribution >= 4 is 11.3 Å². The highest BCUT2D eigenvalue weighted by atomic mass is 32.1. The van der Waals surface area contributed by atoms with Crippen LogP contribution in [-0.4, -0.2) is 41.0 Å². The topological polar surface area (TPSA) is 32.5 Å². The first-order valence-electron chi connectivity index (χ1n) is 8.77. The molecule has 25 heavy (non-hydrogen) atoms. The van der Waals surface area contributed by atoms with E-state index in [-0.39, 0.29) is 0 Å². The van der Waals surface area contributed by atoms with E-state index in [1.165, 1.54) is 5.56 Å². The quantitative estimate of drug-likeness (QED) is 0.693. The number of oxazole rings is 1. The van der Waals surface area contributed by atoms with Crippen LogP contribution in [0.1, 0.15) is 17.0 Å². The van der Waals surface area contributed by atoms with Crippen molar-refractivity contribution in [3.05, 3.63) is 64.9 Å². The van der Waals surface area contributed by atoms with Crippen molar-refractivity contribution in [2.75, 3.05) is 26.2 Å². The Kier molecular flexibility index (Phi) is 4.97. The van der Waals surface area contributed by atoms with Crippen LogP contribution in [-0.2, 0) is 13.1 Å². The molecular weight excluding hydrogens is 330 g/mol. The molecule has 0 unspecified atom stereocenters. The summed E-state index contributed by atoms with van der Waals surface area (Å²) in [5.41, 5.74) is 2.46. The molecule has 1 aromatic carbocycles. The molecule has 4 rings (SSSR count). The molecule has 5 heteroatoms. The third-order valence-corrected chi connectivity index (χ3v) is 5.57. The van der Waals surface area contributed by atoms with Gasteiger partial charge in [-0.05, 0) is 23.9 Å². The highest BCUT2D eigenvalue weighted by Gasteiger charge is 2.20. The van der Waals surface area contributed by atoms with Gasteiger partial charge in [-0.25, -0.2) is 4.98 Å². The molecule has 1 aliphatic rings. The Morgan fingerprint density at radius 3 is 2.36 bits per heavy atom. The van der Waals surface area contributed by atoms with Crippen LogP contribution in [0.25, 0.3) is 10.8 Å². The van der Waals surface area contributed by atoms with E-state index in [2.05, 4.69) is 51.6 Å². The lowest BCUT2D eigenvalue weighted by Crippen LogP contribution is -2.45. The largest absolute Gasteiger partial charge is 0.440 e. The van der Waals surface area contributed by atoms with Crippen molar-refractivity contribution in [1.82, 2.24) is 14.8 Å². The number of hydrogen-bond donors (Lipinski definition) is 0. The van der Waals surface area contributed by atoms with Gasteiger partial charge >= 0.3 is 0 Å². The Balaban J connectivity index is 1.33. The zero-order chi connectivity index (χ0) is 17.1. The average Bonchev–Trinajstić information content (AvgIpc) is 3.28. The predicted octanol–water partition coefficient (Wildman–Crippen LogP) is 4.03. The molecule has 130 valence electrons. The van der Waals surface area contributed by atoms with E-state index < -0.39 is 0 Å². The van der Waals surface area contributed by atoms with Crippen molar-refractivity contribution < 1.29 is 4.42 Å². The van der Waals surface area contributed by atoms with Gasteiger partial charge in [0.25, 0.3) is 0 Å². The number of nitrogens with zero attached hydrogens (tertiary/aromatic N) is 3. The van der Waals surface area contributed by atoms with E-state index in [1.54, 1.807) is 11.3 Å². The molecule has 0 saturated carbocycles. The summed E-state index contributed by atoms with van der Waals surface area (Å²) in [5.74, 6) is 1.69. The third kappa shape index (κ3) is 4.00. The van der Waals surface area contributed by atoms with Crippen LogP contribution in [0.5, 0.6) is 0 Å². The fraction of sp³-hybridized carbons (Fsp3) is 0.350. The van der Waals surface area contributed by atoms with E-state index >= 15 is 0 Å². The summed E-state index contributed by atoms with van der Waals surface area (Å²) in [4.78, 5) is 10.8. The zero-order valence-corrected chi connectivity index (χ0v) is 15.3. The molecule has 1 fully saturated rings. The fourth-order valence-electron chi connectivity index (χ4n) is 3.24. The second kappa shape index (κ2) is 7.52. The van der Waals surface area contributed by atoms with E-state index in [0.717, 1.165) is 61.5 Å². The maximum absolute atomic E-state index is 5.86. The number of benzene rings is 1. The van der Waals surface area contributed by atoms with E-state index in [9.17, 15) is 0 Å². The third-order valence-electron chi connectivity index (χ3n) is 4.71. The van der Waals surface area contributed by atoms with Crippen molar-refractivity contribution in [3.8, 4) is 10.8 Å². The number of hydrogen-bond acceptors (Lipinski definition) is 5. The highest BCUT2D eigenvalue weighted by molar-refractivity contribution is 7.13.